The van der Waals surface area contributed by atoms with E-state index in [1.165, 1.54) is 42.0 Å². The van der Waals surface area contributed by atoms with Crippen LogP contribution in [0.4, 0.5) is 22.0 Å². The van der Waals surface area contributed by atoms with Gasteiger partial charge < -0.3 is 18.3 Å². The fourth-order valence-corrected chi connectivity index (χ4v) is 4.99. The Morgan fingerprint density at radius 1 is 0.930 bits per heavy atom. The summed E-state index contributed by atoms with van der Waals surface area (Å²) >= 11 is -2.47. The van der Waals surface area contributed by atoms with Gasteiger partial charge in [-0.05, 0) is 77.7 Å². The number of imidazole rings is 1. The molecule has 13 heteroatoms. The van der Waals surface area contributed by atoms with Crippen molar-refractivity contribution in [3.05, 3.63) is 90.3 Å². The fraction of sp³-hybridized carbons (Fsp3) is 0.200. The van der Waals surface area contributed by atoms with E-state index in [1.807, 2.05) is 0 Å². The molecule has 0 fully saturated rings. The van der Waals surface area contributed by atoms with Crippen molar-refractivity contribution in [3.8, 4) is 45.1 Å². The SMILES string of the molecule is CCC(F)(F)c1cn(-c2ccc(-c3cccc(S(=O)[O-])c3)cc2-c2nc(C)oc2-c2ccc(OC(F)(F)F)cc2)c(C)n1. The van der Waals surface area contributed by atoms with Crippen LogP contribution in [0.5, 0.6) is 5.75 Å². The van der Waals surface area contributed by atoms with Gasteiger partial charge in [0, 0.05) is 35.6 Å². The van der Waals surface area contributed by atoms with E-state index in [2.05, 4.69) is 14.7 Å². The van der Waals surface area contributed by atoms with Crippen LogP contribution in [-0.4, -0.2) is 29.7 Å². The zero-order chi connectivity index (χ0) is 31.1. The van der Waals surface area contributed by atoms with Gasteiger partial charge in [0.2, 0.25) is 0 Å². The lowest BCUT2D eigenvalue weighted by Gasteiger charge is -2.15. The molecule has 2 aromatic heterocycles. The summed E-state index contributed by atoms with van der Waals surface area (Å²) < 4.78 is 102. The lowest BCUT2D eigenvalue weighted by molar-refractivity contribution is -0.274. The number of oxazole rings is 1. The van der Waals surface area contributed by atoms with E-state index in [4.69, 9.17) is 4.42 Å². The van der Waals surface area contributed by atoms with Crippen LogP contribution in [0.1, 0.15) is 30.8 Å². The maximum atomic E-state index is 14.6. The number of hydrogen-bond donors (Lipinski definition) is 0. The molecule has 5 aromatic rings. The second-order valence-electron chi connectivity index (χ2n) is 9.58. The van der Waals surface area contributed by atoms with E-state index >= 15 is 0 Å². The van der Waals surface area contributed by atoms with Gasteiger partial charge in [-0.3, -0.25) is 4.21 Å². The Morgan fingerprint density at radius 3 is 2.26 bits per heavy atom. The zero-order valence-electron chi connectivity index (χ0n) is 22.9. The molecular formula is C30H23F5N3O4S-. The highest BCUT2D eigenvalue weighted by Crippen LogP contribution is 2.40. The summed E-state index contributed by atoms with van der Waals surface area (Å²) in [5.41, 5.74) is 2.23. The Labute approximate surface area is 245 Å². The molecule has 2 heterocycles. The Kier molecular flexibility index (Phi) is 7.97. The molecule has 3 aromatic carbocycles. The van der Waals surface area contributed by atoms with Gasteiger partial charge in [0.1, 0.15) is 23.0 Å². The first-order chi connectivity index (χ1) is 20.3. The third kappa shape index (κ3) is 6.37. The molecule has 0 aliphatic rings. The van der Waals surface area contributed by atoms with Crippen molar-refractivity contribution < 1.29 is 39.9 Å². The van der Waals surface area contributed by atoms with E-state index in [-0.39, 0.29) is 28.1 Å². The lowest BCUT2D eigenvalue weighted by Crippen LogP contribution is -2.16. The summed E-state index contributed by atoms with van der Waals surface area (Å²) in [4.78, 5) is 8.71. The van der Waals surface area contributed by atoms with Gasteiger partial charge in [0.05, 0.1) is 5.69 Å². The molecule has 43 heavy (non-hydrogen) atoms. The molecular weight excluding hydrogens is 593 g/mol. The number of aromatic nitrogens is 3. The minimum absolute atomic E-state index is 0.0687. The predicted molar refractivity (Wildman–Crippen MR) is 147 cm³/mol. The monoisotopic (exact) mass is 616 g/mol. The molecule has 0 radical (unpaired) electrons. The number of hydrogen-bond acceptors (Lipinski definition) is 6. The highest BCUT2D eigenvalue weighted by molar-refractivity contribution is 7.79. The maximum Gasteiger partial charge on any atom is 0.573 e. The van der Waals surface area contributed by atoms with Gasteiger partial charge in [-0.1, -0.05) is 25.1 Å². The van der Waals surface area contributed by atoms with E-state index in [1.54, 1.807) is 44.2 Å². The quantitative estimate of drug-likeness (QED) is 0.129. The standard InChI is InChI=1S/C30H24F5N3O4S/c1-4-29(31,32)26-16-38(17(2)36-26)25-13-10-21(20-6-5-7-23(14-20)43(39)40)15-24(25)27-28(41-18(3)37-27)19-8-11-22(12-9-19)42-30(33,34)35/h5-16H,4H2,1-3H3,(H,39,40)/p-1. The largest absolute Gasteiger partial charge is 0.768 e. The van der Waals surface area contributed by atoms with Gasteiger partial charge in [0.15, 0.2) is 11.7 Å². The highest BCUT2D eigenvalue weighted by Gasteiger charge is 2.33. The van der Waals surface area contributed by atoms with Crippen molar-refractivity contribution in [1.29, 1.82) is 0 Å². The molecule has 1 unspecified atom stereocenters. The van der Waals surface area contributed by atoms with E-state index in [9.17, 15) is 30.7 Å². The first-order valence-corrected chi connectivity index (χ1v) is 14.0. The molecule has 224 valence electrons. The van der Waals surface area contributed by atoms with Crippen LogP contribution in [-0.2, 0) is 17.0 Å². The van der Waals surface area contributed by atoms with Gasteiger partial charge >= 0.3 is 6.36 Å². The summed E-state index contributed by atoms with van der Waals surface area (Å²) in [6, 6.07) is 16.3. The number of benzene rings is 3. The summed E-state index contributed by atoms with van der Waals surface area (Å²) in [6.07, 6.45) is -4.07. The molecule has 0 spiro atoms. The minimum atomic E-state index is -4.86. The first kappa shape index (κ1) is 30.1. The number of rotatable bonds is 8. The molecule has 0 aliphatic heterocycles. The van der Waals surface area contributed by atoms with Crippen molar-refractivity contribution in [1.82, 2.24) is 14.5 Å². The van der Waals surface area contributed by atoms with Gasteiger partial charge in [-0.25, -0.2) is 9.97 Å². The lowest BCUT2D eigenvalue weighted by atomic mass is 9.98. The smallest absolute Gasteiger partial charge is 0.573 e. The molecule has 0 N–H and O–H groups in total. The van der Waals surface area contributed by atoms with Crippen LogP contribution >= 0.6 is 0 Å². The normalized spacial score (nSPS) is 12.9. The first-order valence-electron chi connectivity index (χ1n) is 12.9. The Morgan fingerprint density at radius 2 is 1.60 bits per heavy atom. The Bertz CT molecular complexity index is 1810. The van der Waals surface area contributed by atoms with Crippen molar-refractivity contribution in [3.63, 3.8) is 0 Å². The van der Waals surface area contributed by atoms with E-state index in [0.29, 0.717) is 27.9 Å². The summed E-state index contributed by atoms with van der Waals surface area (Å²) in [7, 11) is 0. The number of alkyl halides is 5. The van der Waals surface area contributed by atoms with Crippen LogP contribution in [0.25, 0.3) is 39.4 Å². The predicted octanol–water partition coefficient (Wildman–Crippen LogP) is 8.12. The highest BCUT2D eigenvalue weighted by atomic mass is 32.2. The van der Waals surface area contributed by atoms with Crippen molar-refractivity contribution >= 4 is 11.1 Å². The zero-order valence-corrected chi connectivity index (χ0v) is 23.7. The van der Waals surface area contributed by atoms with Crippen LogP contribution in [0.2, 0.25) is 0 Å². The summed E-state index contributed by atoms with van der Waals surface area (Å²) in [5.74, 6) is -2.87. The number of halogens is 5. The molecule has 0 saturated heterocycles. The van der Waals surface area contributed by atoms with Crippen LogP contribution in [0, 0.1) is 13.8 Å². The molecule has 7 nitrogen and oxygen atoms in total. The Hall–Kier alpha value is -4.36. The molecule has 0 amide bonds. The fourth-order valence-electron chi connectivity index (χ4n) is 4.58. The van der Waals surface area contributed by atoms with Crippen LogP contribution in [0.3, 0.4) is 0 Å². The van der Waals surface area contributed by atoms with Crippen molar-refractivity contribution in [2.45, 2.75) is 44.4 Å². The van der Waals surface area contributed by atoms with Crippen LogP contribution < -0.4 is 4.74 Å². The second-order valence-corrected chi connectivity index (χ2v) is 10.5. The van der Waals surface area contributed by atoms with Crippen molar-refractivity contribution in [2.75, 3.05) is 0 Å². The third-order valence-electron chi connectivity index (χ3n) is 6.66. The minimum Gasteiger partial charge on any atom is -0.768 e. The molecule has 0 aliphatic carbocycles. The summed E-state index contributed by atoms with van der Waals surface area (Å²) in [6.45, 7) is 4.52. The number of aryl methyl sites for hydroxylation is 2. The molecule has 1 atom stereocenters. The molecule has 5 rings (SSSR count). The topological polar surface area (TPSA) is 93.2 Å². The second kappa shape index (κ2) is 11.4. The Balaban J connectivity index is 1.71. The third-order valence-corrected chi connectivity index (χ3v) is 7.30. The molecule has 0 saturated carbocycles. The van der Waals surface area contributed by atoms with E-state index < -0.39 is 41.2 Å². The van der Waals surface area contributed by atoms with Gasteiger partial charge in [-0.15, -0.1) is 13.2 Å². The number of nitrogens with zero attached hydrogens (tertiary/aromatic N) is 3. The van der Waals surface area contributed by atoms with Crippen LogP contribution in [0.15, 0.2) is 82.2 Å². The molecule has 0 bridgehead atoms. The summed E-state index contributed by atoms with van der Waals surface area (Å²) in [5, 5.41) is 0. The number of ether oxygens (including phenoxy) is 1. The maximum absolute atomic E-state index is 14.6. The average Bonchev–Trinajstić information content (AvgIpc) is 3.55. The van der Waals surface area contributed by atoms with E-state index in [0.717, 1.165) is 12.1 Å². The van der Waals surface area contributed by atoms with Crippen molar-refractivity contribution in [2.24, 2.45) is 0 Å². The van der Waals surface area contributed by atoms with Gasteiger partial charge in [-0.2, -0.15) is 8.78 Å². The average molecular weight is 617 g/mol. The van der Waals surface area contributed by atoms with Gasteiger partial charge in [0.25, 0.3) is 5.92 Å².